The molecule has 1 aliphatic heterocycles. The summed E-state index contributed by atoms with van der Waals surface area (Å²) < 4.78 is 4.88. The summed E-state index contributed by atoms with van der Waals surface area (Å²) in [5.74, 6) is -1.47. The van der Waals surface area contributed by atoms with Crippen LogP contribution < -0.4 is 5.32 Å². The van der Waals surface area contributed by atoms with Crippen LogP contribution in [-0.2, 0) is 16.0 Å². The van der Waals surface area contributed by atoms with Crippen molar-refractivity contribution in [3.63, 3.8) is 0 Å². The van der Waals surface area contributed by atoms with E-state index in [2.05, 4.69) is 19.2 Å². The molecule has 2 heterocycles. The minimum atomic E-state index is -0.889. The lowest BCUT2D eigenvalue weighted by Gasteiger charge is -2.34. The first-order valence-electron chi connectivity index (χ1n) is 8.70. The second kappa shape index (κ2) is 8.53. The van der Waals surface area contributed by atoms with Gasteiger partial charge in [-0.25, -0.2) is 9.59 Å². The topological polar surface area (TPSA) is 95.9 Å². The van der Waals surface area contributed by atoms with Crippen LogP contribution >= 0.6 is 11.3 Å². The molecule has 0 aromatic carbocycles. The van der Waals surface area contributed by atoms with E-state index in [1.165, 1.54) is 23.3 Å². The van der Waals surface area contributed by atoms with Gasteiger partial charge in [0, 0.05) is 13.1 Å². The van der Waals surface area contributed by atoms with Gasteiger partial charge in [0.25, 0.3) is 0 Å². The molecule has 0 aliphatic carbocycles. The van der Waals surface area contributed by atoms with Crippen LogP contribution in [0.15, 0.2) is 5.38 Å². The number of aliphatic carboxylic acids is 1. The minimum absolute atomic E-state index is 0.107. The summed E-state index contributed by atoms with van der Waals surface area (Å²) in [5.41, 5.74) is 1.24. The van der Waals surface area contributed by atoms with Crippen LogP contribution in [0.5, 0.6) is 0 Å². The Morgan fingerprint density at radius 2 is 2.08 bits per heavy atom. The Labute approximate surface area is 157 Å². The van der Waals surface area contributed by atoms with Gasteiger partial charge in [-0.15, -0.1) is 11.3 Å². The highest BCUT2D eigenvalue weighted by atomic mass is 32.1. The van der Waals surface area contributed by atoms with E-state index in [4.69, 9.17) is 4.74 Å². The van der Waals surface area contributed by atoms with Gasteiger partial charge in [-0.2, -0.15) is 0 Å². The summed E-state index contributed by atoms with van der Waals surface area (Å²) in [4.78, 5) is 37.6. The number of anilines is 1. The van der Waals surface area contributed by atoms with E-state index in [0.717, 1.165) is 5.56 Å². The molecule has 2 amide bonds. The molecule has 8 heteroatoms. The van der Waals surface area contributed by atoms with Crippen LogP contribution in [0.2, 0.25) is 0 Å². The molecule has 0 saturated carbocycles. The number of piperidine rings is 1. The third-order valence-electron chi connectivity index (χ3n) is 4.40. The smallest absolute Gasteiger partial charge is 0.341 e. The second-order valence-corrected chi connectivity index (χ2v) is 8.15. The Morgan fingerprint density at radius 3 is 2.65 bits per heavy atom. The van der Waals surface area contributed by atoms with E-state index in [-0.39, 0.29) is 18.5 Å². The Morgan fingerprint density at radius 1 is 1.38 bits per heavy atom. The predicted octanol–water partition coefficient (Wildman–Crippen LogP) is 3.31. The maximum Gasteiger partial charge on any atom is 0.341 e. The van der Waals surface area contributed by atoms with Gasteiger partial charge in [0.15, 0.2) is 0 Å². The van der Waals surface area contributed by atoms with Crippen LogP contribution in [0.4, 0.5) is 9.80 Å². The molecule has 1 fully saturated rings. The van der Waals surface area contributed by atoms with Crippen molar-refractivity contribution >= 4 is 34.3 Å². The zero-order valence-corrected chi connectivity index (χ0v) is 16.4. The van der Waals surface area contributed by atoms with Crippen LogP contribution in [0, 0.1) is 17.8 Å². The van der Waals surface area contributed by atoms with E-state index in [1.807, 2.05) is 12.3 Å². The molecule has 0 radical (unpaired) electrons. The Bertz CT molecular complexity index is 685. The Balaban J connectivity index is 2.19. The number of carboxylic acid groups (broad SMARTS) is 1. The number of esters is 1. The summed E-state index contributed by atoms with van der Waals surface area (Å²) in [5, 5.41) is 14.4. The normalized spacial score (nSPS) is 20.1. The SMILES string of the molecule is COC(=O)c1c(CC(C)C)csc1NC(=O)N1CC(C)CC(C(=O)O)C1. The third kappa shape index (κ3) is 4.75. The zero-order chi connectivity index (χ0) is 19.4. The number of urea groups is 1. The quantitative estimate of drug-likeness (QED) is 0.762. The van der Waals surface area contributed by atoms with E-state index < -0.39 is 17.9 Å². The first kappa shape index (κ1) is 20.2. The monoisotopic (exact) mass is 382 g/mol. The summed E-state index contributed by atoms with van der Waals surface area (Å²) in [6.07, 6.45) is 1.27. The molecule has 2 N–H and O–H groups in total. The van der Waals surface area contributed by atoms with Crippen molar-refractivity contribution in [2.24, 2.45) is 17.8 Å². The highest BCUT2D eigenvalue weighted by molar-refractivity contribution is 7.15. The third-order valence-corrected chi connectivity index (χ3v) is 5.35. The zero-order valence-electron chi connectivity index (χ0n) is 15.6. The highest BCUT2D eigenvalue weighted by Gasteiger charge is 2.32. The molecular formula is C18H26N2O5S. The Hall–Kier alpha value is -2.09. The van der Waals surface area contributed by atoms with Gasteiger partial charge < -0.3 is 14.7 Å². The van der Waals surface area contributed by atoms with Crippen molar-refractivity contribution < 1.29 is 24.2 Å². The van der Waals surface area contributed by atoms with E-state index in [9.17, 15) is 19.5 Å². The lowest BCUT2D eigenvalue weighted by atomic mass is 9.91. The van der Waals surface area contributed by atoms with Crippen molar-refractivity contribution in [2.75, 3.05) is 25.5 Å². The van der Waals surface area contributed by atoms with Crippen molar-refractivity contribution in [3.05, 3.63) is 16.5 Å². The number of ether oxygens (including phenoxy) is 1. The maximum atomic E-state index is 12.7. The van der Waals surface area contributed by atoms with Crippen molar-refractivity contribution in [1.82, 2.24) is 4.90 Å². The minimum Gasteiger partial charge on any atom is -0.481 e. The number of methoxy groups -OCH3 is 1. The molecule has 1 aromatic heterocycles. The molecule has 2 atom stereocenters. The van der Waals surface area contributed by atoms with E-state index in [1.54, 1.807) is 0 Å². The maximum absolute atomic E-state index is 12.7. The lowest BCUT2D eigenvalue weighted by Crippen LogP contribution is -2.47. The fourth-order valence-electron chi connectivity index (χ4n) is 3.27. The number of nitrogens with zero attached hydrogens (tertiary/aromatic N) is 1. The number of rotatable bonds is 5. The molecule has 0 bridgehead atoms. The van der Waals surface area contributed by atoms with Gasteiger partial charge >= 0.3 is 18.0 Å². The number of hydrogen-bond acceptors (Lipinski definition) is 5. The van der Waals surface area contributed by atoms with Crippen LogP contribution in [0.3, 0.4) is 0 Å². The summed E-state index contributed by atoms with van der Waals surface area (Å²) >= 11 is 1.29. The molecule has 144 valence electrons. The Kier molecular flexibility index (Phi) is 6.63. The average Bonchev–Trinajstić information content (AvgIpc) is 2.94. The van der Waals surface area contributed by atoms with Crippen molar-refractivity contribution in [2.45, 2.75) is 33.6 Å². The molecule has 2 rings (SSSR count). The number of carbonyl (C=O) groups excluding carboxylic acids is 2. The second-order valence-electron chi connectivity index (χ2n) is 7.27. The molecule has 1 aliphatic rings. The molecule has 2 unspecified atom stereocenters. The fourth-order valence-corrected chi connectivity index (χ4v) is 4.23. The predicted molar refractivity (Wildman–Crippen MR) is 99.7 cm³/mol. The molecule has 1 saturated heterocycles. The number of carbonyl (C=O) groups is 3. The number of carboxylic acids is 1. The van der Waals surface area contributed by atoms with E-state index >= 15 is 0 Å². The molecule has 7 nitrogen and oxygen atoms in total. The molecule has 1 aromatic rings. The first-order valence-corrected chi connectivity index (χ1v) is 9.58. The summed E-state index contributed by atoms with van der Waals surface area (Å²) in [6.45, 7) is 6.70. The van der Waals surface area contributed by atoms with Gasteiger partial charge in [-0.05, 0) is 35.6 Å². The number of amides is 2. The number of likely N-dealkylation sites (tertiary alicyclic amines) is 1. The summed E-state index contributed by atoms with van der Waals surface area (Å²) in [7, 11) is 1.31. The van der Waals surface area contributed by atoms with Crippen LogP contribution in [-0.4, -0.2) is 48.2 Å². The number of nitrogens with one attached hydrogen (secondary N) is 1. The van der Waals surface area contributed by atoms with Crippen LogP contribution in [0.25, 0.3) is 0 Å². The van der Waals surface area contributed by atoms with Gasteiger partial charge in [0.05, 0.1) is 18.6 Å². The highest BCUT2D eigenvalue weighted by Crippen LogP contribution is 2.31. The number of thiophene rings is 1. The standard InChI is InChI=1S/C18H26N2O5S/c1-10(2)5-13-9-26-15(14(13)17(23)25-4)19-18(24)20-7-11(3)6-12(8-20)16(21)22/h9-12H,5-8H2,1-4H3,(H,19,24)(H,21,22). The van der Waals surface area contributed by atoms with Gasteiger partial charge in [0.2, 0.25) is 0 Å². The molecular weight excluding hydrogens is 356 g/mol. The van der Waals surface area contributed by atoms with Crippen LogP contribution in [0.1, 0.15) is 43.1 Å². The van der Waals surface area contributed by atoms with Gasteiger partial charge in [-0.3, -0.25) is 10.1 Å². The number of hydrogen-bond donors (Lipinski definition) is 2. The largest absolute Gasteiger partial charge is 0.481 e. The fraction of sp³-hybridized carbons (Fsp3) is 0.611. The van der Waals surface area contributed by atoms with Gasteiger partial charge in [-0.1, -0.05) is 20.8 Å². The average molecular weight is 382 g/mol. The molecule has 26 heavy (non-hydrogen) atoms. The van der Waals surface area contributed by atoms with Gasteiger partial charge in [0.1, 0.15) is 5.00 Å². The molecule has 0 spiro atoms. The van der Waals surface area contributed by atoms with E-state index in [0.29, 0.717) is 35.9 Å². The lowest BCUT2D eigenvalue weighted by molar-refractivity contribution is -0.143. The van der Waals surface area contributed by atoms with Crippen molar-refractivity contribution in [3.8, 4) is 0 Å². The first-order chi connectivity index (χ1) is 12.2. The van der Waals surface area contributed by atoms with Crippen molar-refractivity contribution in [1.29, 1.82) is 0 Å². The summed E-state index contributed by atoms with van der Waals surface area (Å²) in [6, 6.07) is -0.383.